The van der Waals surface area contributed by atoms with Crippen molar-refractivity contribution in [1.29, 1.82) is 0 Å². The number of hydrogen-bond donors (Lipinski definition) is 1. The largest absolute Gasteiger partial charge is 0.487 e. The summed E-state index contributed by atoms with van der Waals surface area (Å²) in [4.78, 5) is 0. The average Bonchev–Trinajstić information content (AvgIpc) is 2.65. The molecule has 2 rings (SSSR count). The van der Waals surface area contributed by atoms with Crippen LogP contribution in [0, 0.1) is 0 Å². The Balaban J connectivity index is 2.13. The molecule has 17 heavy (non-hydrogen) atoms. The van der Waals surface area contributed by atoms with Gasteiger partial charge in [-0.15, -0.1) is 0 Å². The fourth-order valence-electron chi connectivity index (χ4n) is 2.24. The van der Waals surface area contributed by atoms with Crippen LogP contribution in [0.15, 0.2) is 18.2 Å². The average molecular weight is 236 g/mol. The van der Waals surface area contributed by atoms with Gasteiger partial charge in [0.15, 0.2) is 0 Å². The van der Waals surface area contributed by atoms with Crippen molar-refractivity contribution in [3.8, 4) is 5.75 Å². The van der Waals surface area contributed by atoms with Gasteiger partial charge in [-0.2, -0.15) is 0 Å². The summed E-state index contributed by atoms with van der Waals surface area (Å²) in [6.07, 6.45) is 2.23. The molecular weight excluding hydrogens is 216 g/mol. The van der Waals surface area contributed by atoms with E-state index in [0.29, 0.717) is 6.61 Å². The van der Waals surface area contributed by atoms with Gasteiger partial charge in [0, 0.05) is 12.7 Å². The Morgan fingerprint density at radius 2 is 2.24 bits per heavy atom. The van der Waals surface area contributed by atoms with Crippen LogP contribution in [0.2, 0.25) is 0 Å². The number of ether oxygens (including phenoxy) is 2. The van der Waals surface area contributed by atoms with E-state index in [1.165, 1.54) is 5.56 Å². The summed E-state index contributed by atoms with van der Waals surface area (Å²) in [5.74, 6) is 0.831. The molecule has 1 aliphatic heterocycles. The van der Waals surface area contributed by atoms with Crippen LogP contribution in [-0.2, 0) is 11.2 Å². The Kier molecular flexibility index (Phi) is 4.02. The molecule has 0 spiro atoms. The van der Waals surface area contributed by atoms with Crippen molar-refractivity contribution in [3.05, 3.63) is 29.3 Å². The summed E-state index contributed by atoms with van der Waals surface area (Å²) in [5, 5.41) is 10.2. The molecule has 0 aliphatic carbocycles. The molecular formula is C14H20O3. The van der Waals surface area contributed by atoms with Gasteiger partial charge in [0.2, 0.25) is 0 Å². The summed E-state index contributed by atoms with van der Waals surface area (Å²) in [7, 11) is 1.70. The minimum absolute atomic E-state index is 0.0762. The monoisotopic (exact) mass is 236 g/mol. The smallest absolute Gasteiger partial charge is 0.129 e. The lowest BCUT2D eigenvalue weighted by Crippen LogP contribution is -2.17. The minimum atomic E-state index is -0.479. The quantitative estimate of drug-likeness (QED) is 0.853. The van der Waals surface area contributed by atoms with E-state index in [-0.39, 0.29) is 6.10 Å². The van der Waals surface area contributed by atoms with Crippen LogP contribution < -0.4 is 4.74 Å². The topological polar surface area (TPSA) is 38.7 Å². The van der Waals surface area contributed by atoms with Crippen LogP contribution in [0.5, 0.6) is 5.75 Å². The van der Waals surface area contributed by atoms with Crippen molar-refractivity contribution in [2.45, 2.75) is 38.4 Å². The molecule has 3 nitrogen and oxygen atoms in total. The second kappa shape index (κ2) is 5.52. The van der Waals surface area contributed by atoms with Crippen LogP contribution in [0.1, 0.15) is 37.0 Å². The second-order valence-corrected chi connectivity index (χ2v) is 4.50. The molecule has 0 saturated carbocycles. The molecule has 3 heteroatoms. The maximum Gasteiger partial charge on any atom is 0.129 e. The standard InChI is InChI=1S/C14H20O3/c1-3-4-13-14(15)11-9-10(7-8-16-2)5-6-12(11)17-13/h5-6,9,13-15H,3-4,7-8H2,1-2H3. The van der Waals surface area contributed by atoms with Crippen LogP contribution in [0.4, 0.5) is 0 Å². The van der Waals surface area contributed by atoms with E-state index in [1.54, 1.807) is 7.11 Å². The van der Waals surface area contributed by atoms with E-state index < -0.39 is 6.10 Å². The highest BCUT2D eigenvalue weighted by Crippen LogP contribution is 2.38. The lowest BCUT2D eigenvalue weighted by atomic mass is 10.0. The summed E-state index contributed by atoms with van der Waals surface area (Å²) >= 11 is 0. The molecule has 0 bridgehead atoms. The summed E-state index contributed by atoms with van der Waals surface area (Å²) in [6.45, 7) is 2.80. The van der Waals surface area contributed by atoms with Gasteiger partial charge in [0.25, 0.3) is 0 Å². The van der Waals surface area contributed by atoms with Gasteiger partial charge in [0.05, 0.1) is 6.61 Å². The first kappa shape index (κ1) is 12.4. The highest BCUT2D eigenvalue weighted by atomic mass is 16.5. The molecule has 94 valence electrons. The van der Waals surface area contributed by atoms with Crippen molar-refractivity contribution in [2.24, 2.45) is 0 Å². The van der Waals surface area contributed by atoms with Crippen molar-refractivity contribution >= 4 is 0 Å². The molecule has 1 aromatic carbocycles. The molecule has 1 heterocycles. The number of hydrogen-bond acceptors (Lipinski definition) is 3. The van der Waals surface area contributed by atoms with Crippen molar-refractivity contribution in [1.82, 2.24) is 0 Å². The number of fused-ring (bicyclic) bond motifs is 1. The van der Waals surface area contributed by atoms with Gasteiger partial charge < -0.3 is 14.6 Å². The first-order valence-electron chi connectivity index (χ1n) is 6.22. The number of aliphatic hydroxyl groups is 1. The third-order valence-corrected chi connectivity index (χ3v) is 3.19. The Morgan fingerprint density at radius 3 is 2.94 bits per heavy atom. The number of benzene rings is 1. The zero-order chi connectivity index (χ0) is 12.3. The molecule has 0 aromatic heterocycles. The van der Waals surface area contributed by atoms with E-state index in [1.807, 2.05) is 18.2 Å². The molecule has 0 saturated heterocycles. The molecule has 1 aromatic rings. The lowest BCUT2D eigenvalue weighted by molar-refractivity contribution is 0.0616. The second-order valence-electron chi connectivity index (χ2n) is 4.50. The third kappa shape index (κ3) is 2.61. The maximum absolute atomic E-state index is 10.2. The third-order valence-electron chi connectivity index (χ3n) is 3.19. The summed E-state index contributed by atoms with van der Waals surface area (Å²) in [6, 6.07) is 6.03. The first-order valence-corrected chi connectivity index (χ1v) is 6.22. The van der Waals surface area contributed by atoms with Crippen LogP contribution in [-0.4, -0.2) is 24.9 Å². The molecule has 0 radical (unpaired) electrons. The van der Waals surface area contributed by atoms with E-state index in [9.17, 15) is 5.11 Å². The van der Waals surface area contributed by atoms with Crippen LogP contribution in [0.3, 0.4) is 0 Å². The molecule has 2 atom stereocenters. The van der Waals surface area contributed by atoms with Gasteiger partial charge in [-0.25, -0.2) is 0 Å². The van der Waals surface area contributed by atoms with Gasteiger partial charge in [-0.3, -0.25) is 0 Å². The van der Waals surface area contributed by atoms with Gasteiger partial charge in [-0.05, 0) is 30.5 Å². The normalized spacial score (nSPS) is 22.3. The summed E-state index contributed by atoms with van der Waals surface area (Å²) in [5.41, 5.74) is 2.11. The van der Waals surface area contributed by atoms with Gasteiger partial charge in [-0.1, -0.05) is 19.4 Å². The zero-order valence-corrected chi connectivity index (χ0v) is 10.5. The molecule has 0 amide bonds. The Labute approximate surface area is 102 Å². The predicted octanol–water partition coefficient (Wildman–Crippen LogP) is 2.47. The van der Waals surface area contributed by atoms with E-state index in [4.69, 9.17) is 9.47 Å². The number of aliphatic hydroxyl groups excluding tert-OH is 1. The fourth-order valence-corrected chi connectivity index (χ4v) is 2.24. The molecule has 1 N–H and O–H groups in total. The Morgan fingerprint density at radius 1 is 1.41 bits per heavy atom. The van der Waals surface area contributed by atoms with Gasteiger partial charge in [0.1, 0.15) is 18.0 Å². The number of methoxy groups -OCH3 is 1. The minimum Gasteiger partial charge on any atom is -0.487 e. The number of rotatable bonds is 5. The van der Waals surface area contributed by atoms with E-state index >= 15 is 0 Å². The molecule has 2 unspecified atom stereocenters. The maximum atomic E-state index is 10.2. The predicted molar refractivity (Wildman–Crippen MR) is 66.3 cm³/mol. The highest BCUT2D eigenvalue weighted by Gasteiger charge is 2.31. The Hall–Kier alpha value is -1.06. The van der Waals surface area contributed by atoms with Gasteiger partial charge >= 0.3 is 0 Å². The van der Waals surface area contributed by atoms with E-state index in [0.717, 1.165) is 30.6 Å². The van der Waals surface area contributed by atoms with E-state index in [2.05, 4.69) is 6.92 Å². The lowest BCUT2D eigenvalue weighted by Gasteiger charge is -2.12. The van der Waals surface area contributed by atoms with Crippen molar-refractivity contribution in [3.63, 3.8) is 0 Å². The van der Waals surface area contributed by atoms with Crippen LogP contribution in [0.25, 0.3) is 0 Å². The zero-order valence-electron chi connectivity index (χ0n) is 10.5. The first-order chi connectivity index (χ1) is 8.26. The molecule has 1 aliphatic rings. The summed E-state index contributed by atoms with van der Waals surface area (Å²) < 4.78 is 10.8. The van der Waals surface area contributed by atoms with Crippen LogP contribution >= 0.6 is 0 Å². The highest BCUT2D eigenvalue weighted by molar-refractivity contribution is 5.42. The van der Waals surface area contributed by atoms with Crippen molar-refractivity contribution in [2.75, 3.05) is 13.7 Å². The molecule has 0 fully saturated rings. The van der Waals surface area contributed by atoms with Crippen molar-refractivity contribution < 1.29 is 14.6 Å². The Bertz CT molecular complexity index is 376. The SMILES string of the molecule is CCCC1Oc2ccc(CCOC)cc2C1O. The fraction of sp³-hybridized carbons (Fsp3) is 0.571.